The second-order valence-corrected chi connectivity index (χ2v) is 8.11. The minimum Gasteiger partial charge on any atom is -0.508 e. The van der Waals surface area contributed by atoms with Gasteiger partial charge in [-0.1, -0.05) is 66.7 Å². The normalized spacial score (nSPS) is 14.3. The maximum absolute atomic E-state index is 13.4. The molecule has 8 nitrogen and oxygen atoms in total. The largest absolute Gasteiger partial charge is 0.508 e. The average Bonchev–Trinajstić information content (AvgIpc) is 2.88. The lowest BCUT2D eigenvalue weighted by atomic mass is 9.85. The van der Waals surface area contributed by atoms with Gasteiger partial charge in [0, 0.05) is 16.7 Å². The first-order valence-electron chi connectivity index (χ1n) is 10.8. The number of hydrogen-bond acceptors (Lipinski definition) is 7. The van der Waals surface area contributed by atoms with Crippen molar-refractivity contribution in [1.29, 1.82) is 0 Å². The number of carboxylic acid groups (broad SMARTS) is 1. The number of hydrogen-bond donors (Lipinski definition) is 5. The summed E-state index contributed by atoms with van der Waals surface area (Å²) in [6, 6.07) is 23.9. The number of phenolic OH excluding ortho intramolecular Hbond substituents is 2. The first-order valence-corrected chi connectivity index (χ1v) is 10.8. The Bertz CT molecular complexity index is 1420. The molecule has 0 aliphatic carbocycles. The smallest absolute Gasteiger partial charge is 0.353 e. The van der Waals surface area contributed by atoms with Crippen LogP contribution in [0.4, 0.5) is 0 Å². The summed E-state index contributed by atoms with van der Waals surface area (Å²) in [6.45, 7) is 0. The fourth-order valence-corrected chi connectivity index (χ4v) is 3.92. The van der Waals surface area contributed by atoms with Gasteiger partial charge in [0.2, 0.25) is 11.2 Å². The van der Waals surface area contributed by atoms with Crippen molar-refractivity contribution in [2.75, 3.05) is 0 Å². The minimum atomic E-state index is -2.57. The van der Waals surface area contributed by atoms with E-state index in [1.54, 1.807) is 18.2 Å². The molecule has 0 bridgehead atoms. The lowest BCUT2D eigenvalue weighted by molar-refractivity contribution is -0.155. The third-order valence-electron chi connectivity index (χ3n) is 5.79. The van der Waals surface area contributed by atoms with Gasteiger partial charge in [0.1, 0.15) is 17.2 Å². The Balaban J connectivity index is 1.76. The minimum absolute atomic E-state index is 0.0525. The van der Waals surface area contributed by atoms with Crippen LogP contribution in [-0.2, 0) is 20.8 Å². The maximum Gasteiger partial charge on any atom is 0.353 e. The second-order valence-electron chi connectivity index (χ2n) is 8.11. The van der Waals surface area contributed by atoms with E-state index >= 15 is 0 Å². The van der Waals surface area contributed by atoms with Gasteiger partial charge < -0.3 is 30.3 Å². The van der Waals surface area contributed by atoms with E-state index in [4.69, 9.17) is 4.74 Å². The van der Waals surface area contributed by atoms with Gasteiger partial charge in [-0.15, -0.1) is 0 Å². The van der Waals surface area contributed by atoms with Gasteiger partial charge in [-0.25, -0.2) is 9.59 Å². The molecule has 2 atom stereocenters. The molecule has 182 valence electrons. The average molecular weight is 486 g/mol. The molecule has 0 unspecified atom stereocenters. The molecule has 36 heavy (non-hydrogen) atoms. The zero-order chi connectivity index (χ0) is 25.9. The van der Waals surface area contributed by atoms with E-state index in [0.717, 1.165) is 12.1 Å². The van der Waals surface area contributed by atoms with Crippen molar-refractivity contribution in [2.45, 2.75) is 11.2 Å². The van der Waals surface area contributed by atoms with Crippen LogP contribution in [0.2, 0.25) is 0 Å². The second kappa shape index (κ2) is 9.53. The standard InChI is InChI=1S/C28H22O8/c29-22-12-4-9-19(15-22)27(34,25(31)32)21-11-6-14-24(17-21)36-26(33)28(35,18-7-2-1-3-8-18)20-10-5-13-23(30)16-20/h1-17,29-30,34-35H,(H,31,32)/t27-,28-/m0/s1. The quantitative estimate of drug-likeness (QED) is 0.198. The number of ether oxygens (including phenoxy) is 1. The Morgan fingerprint density at radius 2 is 1.06 bits per heavy atom. The predicted octanol–water partition coefficient (Wildman–Crippen LogP) is 3.26. The van der Waals surface area contributed by atoms with E-state index in [9.17, 15) is 35.1 Å². The van der Waals surface area contributed by atoms with Crippen LogP contribution in [-0.4, -0.2) is 37.5 Å². The summed E-state index contributed by atoms with van der Waals surface area (Å²) in [7, 11) is 0. The molecule has 0 heterocycles. The molecule has 0 saturated heterocycles. The highest BCUT2D eigenvalue weighted by Crippen LogP contribution is 2.36. The van der Waals surface area contributed by atoms with Crippen LogP contribution >= 0.6 is 0 Å². The molecule has 5 N–H and O–H groups in total. The van der Waals surface area contributed by atoms with E-state index in [-0.39, 0.29) is 39.5 Å². The van der Waals surface area contributed by atoms with Crippen LogP contribution in [0.5, 0.6) is 17.2 Å². The fraction of sp³-hybridized carbons (Fsp3) is 0.0714. The van der Waals surface area contributed by atoms with Crippen LogP contribution < -0.4 is 4.74 Å². The summed E-state index contributed by atoms with van der Waals surface area (Å²) in [5.41, 5.74) is -4.91. The molecule has 4 aromatic rings. The zero-order valence-electron chi connectivity index (χ0n) is 18.8. The first kappa shape index (κ1) is 24.5. The Morgan fingerprint density at radius 1 is 0.583 bits per heavy atom. The van der Waals surface area contributed by atoms with Crippen molar-refractivity contribution < 1.29 is 39.9 Å². The van der Waals surface area contributed by atoms with Crippen LogP contribution in [0, 0.1) is 0 Å². The molecule has 0 amide bonds. The number of aromatic hydroxyl groups is 2. The number of carbonyl (C=O) groups is 2. The SMILES string of the molecule is O=C(O)[C@](O)(c1cccc(O)c1)c1cccc(OC(=O)[C@](O)(c2ccccc2)c2cccc(O)c2)c1. The third-order valence-corrected chi connectivity index (χ3v) is 5.79. The summed E-state index contributed by atoms with van der Waals surface area (Å²) >= 11 is 0. The van der Waals surface area contributed by atoms with E-state index in [0.29, 0.717) is 0 Å². The van der Waals surface area contributed by atoms with Gasteiger partial charge >= 0.3 is 11.9 Å². The summed E-state index contributed by atoms with van der Waals surface area (Å²) in [5.74, 6) is -3.29. The van der Waals surface area contributed by atoms with Gasteiger partial charge in [-0.2, -0.15) is 0 Å². The number of phenols is 2. The summed E-state index contributed by atoms with van der Waals surface area (Å²) in [6.07, 6.45) is 0. The predicted molar refractivity (Wildman–Crippen MR) is 128 cm³/mol. The molecular weight excluding hydrogens is 464 g/mol. The number of carboxylic acids is 1. The van der Waals surface area contributed by atoms with Crippen LogP contribution in [0.1, 0.15) is 22.3 Å². The lowest BCUT2D eigenvalue weighted by Gasteiger charge is -2.28. The Morgan fingerprint density at radius 3 is 1.58 bits per heavy atom. The van der Waals surface area contributed by atoms with Gasteiger partial charge in [0.05, 0.1) is 0 Å². The number of rotatable bonds is 7. The highest BCUT2D eigenvalue weighted by molar-refractivity contribution is 5.88. The zero-order valence-corrected chi connectivity index (χ0v) is 18.8. The van der Waals surface area contributed by atoms with Gasteiger partial charge in [-0.3, -0.25) is 0 Å². The van der Waals surface area contributed by atoms with E-state index in [1.807, 2.05) is 0 Å². The van der Waals surface area contributed by atoms with Crippen molar-refractivity contribution in [3.8, 4) is 17.2 Å². The van der Waals surface area contributed by atoms with Crippen LogP contribution in [0.15, 0.2) is 103 Å². The molecular formula is C28H22O8. The molecule has 0 aromatic heterocycles. The number of aliphatic hydroxyl groups is 2. The fourth-order valence-electron chi connectivity index (χ4n) is 3.92. The van der Waals surface area contributed by atoms with Crippen molar-refractivity contribution in [3.05, 3.63) is 125 Å². The topological polar surface area (TPSA) is 145 Å². The summed E-state index contributed by atoms with van der Waals surface area (Å²) in [4.78, 5) is 25.5. The number of aliphatic carboxylic acids is 1. The highest BCUT2D eigenvalue weighted by Gasteiger charge is 2.43. The highest BCUT2D eigenvalue weighted by atomic mass is 16.6. The monoisotopic (exact) mass is 486 g/mol. The number of benzene rings is 4. The molecule has 8 heteroatoms. The molecule has 0 aliphatic rings. The molecule has 4 aromatic carbocycles. The van der Waals surface area contributed by atoms with E-state index in [1.165, 1.54) is 72.8 Å². The van der Waals surface area contributed by atoms with Gasteiger partial charge in [0.15, 0.2) is 0 Å². The van der Waals surface area contributed by atoms with Gasteiger partial charge in [-0.05, 0) is 42.0 Å². The van der Waals surface area contributed by atoms with E-state index in [2.05, 4.69) is 0 Å². The first-order chi connectivity index (χ1) is 17.2. The molecule has 0 aliphatic heterocycles. The third kappa shape index (κ3) is 4.38. The van der Waals surface area contributed by atoms with Crippen LogP contribution in [0.3, 0.4) is 0 Å². The summed E-state index contributed by atoms with van der Waals surface area (Å²) < 4.78 is 5.48. The van der Waals surface area contributed by atoms with E-state index < -0.39 is 23.1 Å². The molecule has 0 fully saturated rings. The molecule has 0 radical (unpaired) electrons. The van der Waals surface area contributed by atoms with Crippen LogP contribution in [0.25, 0.3) is 0 Å². The maximum atomic E-state index is 13.4. The molecule has 0 saturated carbocycles. The Labute approximate surface area is 205 Å². The molecule has 0 spiro atoms. The molecule has 4 rings (SSSR count). The summed E-state index contributed by atoms with van der Waals surface area (Å²) in [5, 5.41) is 52.3. The number of esters is 1. The lowest BCUT2D eigenvalue weighted by Crippen LogP contribution is -2.40. The van der Waals surface area contributed by atoms with Crippen molar-refractivity contribution in [3.63, 3.8) is 0 Å². The van der Waals surface area contributed by atoms with Crippen molar-refractivity contribution in [1.82, 2.24) is 0 Å². The Kier molecular flexibility index (Phi) is 6.48. The number of carbonyl (C=O) groups excluding carboxylic acids is 1. The van der Waals surface area contributed by atoms with Gasteiger partial charge in [0.25, 0.3) is 0 Å². The van der Waals surface area contributed by atoms with Crippen molar-refractivity contribution in [2.24, 2.45) is 0 Å². The Hall–Kier alpha value is -4.66. The van der Waals surface area contributed by atoms with Crippen molar-refractivity contribution >= 4 is 11.9 Å².